The summed E-state index contributed by atoms with van der Waals surface area (Å²) in [7, 11) is 4.27. The molecule has 0 aromatic carbocycles. The molecule has 0 spiro atoms. The summed E-state index contributed by atoms with van der Waals surface area (Å²) in [5.41, 5.74) is 0. The fourth-order valence-corrected chi connectivity index (χ4v) is 3.03. The van der Waals surface area contributed by atoms with E-state index in [2.05, 4.69) is 19.0 Å². The molecule has 2 bridgehead atoms. The quantitative estimate of drug-likeness (QED) is 0.635. The Balaban J connectivity index is 2.09. The average molecular weight is 169 g/mol. The Morgan fingerprint density at radius 3 is 2.33 bits per heavy atom. The van der Waals surface area contributed by atoms with Crippen molar-refractivity contribution in [3.8, 4) is 0 Å². The molecule has 2 nitrogen and oxygen atoms in total. The minimum Gasteiger partial charge on any atom is -0.393 e. The third-order valence-corrected chi connectivity index (χ3v) is 3.71. The molecule has 4 atom stereocenters. The second kappa shape index (κ2) is 3.00. The van der Waals surface area contributed by atoms with Crippen molar-refractivity contribution in [2.75, 3.05) is 14.1 Å². The van der Waals surface area contributed by atoms with Crippen LogP contribution in [-0.4, -0.2) is 36.2 Å². The molecule has 3 fully saturated rings. The summed E-state index contributed by atoms with van der Waals surface area (Å²) in [6.45, 7) is 0. The van der Waals surface area contributed by atoms with E-state index >= 15 is 0 Å². The molecule has 70 valence electrons. The summed E-state index contributed by atoms with van der Waals surface area (Å²) in [4.78, 5) is 2.29. The van der Waals surface area contributed by atoms with E-state index in [4.69, 9.17) is 0 Å². The van der Waals surface area contributed by atoms with E-state index in [-0.39, 0.29) is 6.10 Å². The van der Waals surface area contributed by atoms with Gasteiger partial charge < -0.3 is 10.0 Å². The molecule has 0 amide bonds. The van der Waals surface area contributed by atoms with Crippen molar-refractivity contribution in [2.45, 2.75) is 37.8 Å². The van der Waals surface area contributed by atoms with Gasteiger partial charge in [0.15, 0.2) is 0 Å². The minimum absolute atomic E-state index is 0.00935. The van der Waals surface area contributed by atoms with E-state index in [1.54, 1.807) is 0 Å². The number of rotatable bonds is 1. The first-order valence-electron chi connectivity index (χ1n) is 5.03. The van der Waals surface area contributed by atoms with Crippen LogP contribution in [0.2, 0.25) is 0 Å². The zero-order valence-electron chi connectivity index (χ0n) is 8.03. The van der Waals surface area contributed by atoms with E-state index in [9.17, 15) is 5.11 Å². The molecule has 0 radical (unpaired) electrons. The lowest BCUT2D eigenvalue weighted by Gasteiger charge is -2.48. The van der Waals surface area contributed by atoms with E-state index in [0.717, 1.165) is 12.3 Å². The largest absolute Gasteiger partial charge is 0.393 e. The van der Waals surface area contributed by atoms with Crippen LogP contribution < -0.4 is 0 Å². The van der Waals surface area contributed by atoms with Crippen LogP contribution in [0.15, 0.2) is 0 Å². The van der Waals surface area contributed by atoms with Crippen molar-refractivity contribution in [2.24, 2.45) is 11.8 Å². The fourth-order valence-electron chi connectivity index (χ4n) is 3.03. The van der Waals surface area contributed by atoms with Crippen LogP contribution in [0.1, 0.15) is 25.7 Å². The maximum atomic E-state index is 9.79. The third kappa shape index (κ3) is 1.27. The Hall–Kier alpha value is -0.0800. The summed E-state index contributed by atoms with van der Waals surface area (Å²) in [5.74, 6) is 1.36. The van der Waals surface area contributed by atoms with E-state index in [0.29, 0.717) is 12.0 Å². The Kier molecular flexibility index (Phi) is 2.13. The highest BCUT2D eigenvalue weighted by molar-refractivity contribution is 4.95. The lowest BCUT2D eigenvalue weighted by atomic mass is 9.66. The Morgan fingerprint density at radius 2 is 1.92 bits per heavy atom. The van der Waals surface area contributed by atoms with Gasteiger partial charge in [0, 0.05) is 12.0 Å². The number of aliphatic hydroxyl groups excluding tert-OH is 1. The summed E-state index contributed by atoms with van der Waals surface area (Å²) in [5, 5.41) is 9.79. The predicted octanol–water partition coefficient (Wildman–Crippen LogP) is 1.10. The molecule has 0 heterocycles. The van der Waals surface area contributed by atoms with Gasteiger partial charge in [0.2, 0.25) is 0 Å². The Morgan fingerprint density at radius 1 is 1.17 bits per heavy atom. The molecule has 0 unspecified atom stereocenters. The van der Waals surface area contributed by atoms with Crippen LogP contribution in [0.4, 0.5) is 0 Å². The number of hydrogen-bond donors (Lipinski definition) is 1. The molecule has 0 aromatic heterocycles. The minimum atomic E-state index is -0.00935. The van der Waals surface area contributed by atoms with Crippen LogP contribution in [0.25, 0.3) is 0 Å². The van der Waals surface area contributed by atoms with Gasteiger partial charge in [-0.25, -0.2) is 0 Å². The van der Waals surface area contributed by atoms with Gasteiger partial charge in [0.1, 0.15) is 0 Å². The highest BCUT2D eigenvalue weighted by Gasteiger charge is 2.41. The van der Waals surface area contributed by atoms with Gasteiger partial charge in [-0.05, 0) is 45.7 Å². The van der Waals surface area contributed by atoms with Gasteiger partial charge in [-0.15, -0.1) is 0 Å². The summed E-state index contributed by atoms with van der Waals surface area (Å²) in [6, 6.07) is 0.646. The van der Waals surface area contributed by atoms with Gasteiger partial charge in [0.05, 0.1) is 6.10 Å². The molecular formula is C10H19NO. The van der Waals surface area contributed by atoms with Crippen LogP contribution in [0, 0.1) is 11.8 Å². The van der Waals surface area contributed by atoms with Crippen molar-refractivity contribution in [1.82, 2.24) is 4.90 Å². The number of nitrogens with zero attached hydrogens (tertiary/aromatic N) is 1. The molecule has 3 aliphatic rings. The van der Waals surface area contributed by atoms with Crippen LogP contribution in [0.3, 0.4) is 0 Å². The van der Waals surface area contributed by atoms with Crippen molar-refractivity contribution in [3.63, 3.8) is 0 Å². The number of fused-ring (bicyclic) bond motifs is 3. The zero-order chi connectivity index (χ0) is 8.72. The van der Waals surface area contributed by atoms with Crippen molar-refractivity contribution >= 4 is 0 Å². The first kappa shape index (κ1) is 8.52. The second-order valence-corrected chi connectivity index (χ2v) is 4.68. The van der Waals surface area contributed by atoms with Gasteiger partial charge in [-0.3, -0.25) is 0 Å². The average Bonchev–Trinajstić information content (AvgIpc) is 2.04. The maximum Gasteiger partial charge on any atom is 0.0586 e. The molecule has 0 aliphatic heterocycles. The molecule has 3 rings (SSSR count). The molecule has 0 aromatic rings. The SMILES string of the molecule is CN(C)[C@@H]1C[C@H]2CC[C@@H]1[C@@H](O)C2. The van der Waals surface area contributed by atoms with Crippen LogP contribution in [0.5, 0.6) is 0 Å². The van der Waals surface area contributed by atoms with Gasteiger partial charge in [-0.1, -0.05) is 0 Å². The first-order chi connectivity index (χ1) is 5.68. The highest BCUT2D eigenvalue weighted by Crippen LogP contribution is 2.42. The third-order valence-electron chi connectivity index (χ3n) is 3.71. The molecule has 3 aliphatic carbocycles. The highest BCUT2D eigenvalue weighted by atomic mass is 16.3. The van der Waals surface area contributed by atoms with Crippen molar-refractivity contribution in [1.29, 1.82) is 0 Å². The monoisotopic (exact) mass is 169 g/mol. The number of hydrogen-bond acceptors (Lipinski definition) is 2. The van der Waals surface area contributed by atoms with E-state index in [1.165, 1.54) is 19.3 Å². The van der Waals surface area contributed by atoms with Gasteiger partial charge in [0.25, 0.3) is 0 Å². The van der Waals surface area contributed by atoms with E-state index < -0.39 is 0 Å². The number of aliphatic hydroxyl groups is 1. The summed E-state index contributed by atoms with van der Waals surface area (Å²) in [6.07, 6.45) is 4.97. The second-order valence-electron chi connectivity index (χ2n) is 4.68. The Labute approximate surface area is 74.6 Å². The lowest BCUT2D eigenvalue weighted by molar-refractivity contribution is -0.0470. The smallest absolute Gasteiger partial charge is 0.0586 e. The fraction of sp³-hybridized carbons (Fsp3) is 1.00. The zero-order valence-corrected chi connectivity index (χ0v) is 8.03. The Bertz CT molecular complexity index is 169. The molecule has 2 heteroatoms. The standard InChI is InChI=1S/C10H19NO/c1-11(2)9-5-7-3-4-8(9)10(12)6-7/h7-10,12H,3-6H2,1-2H3/t7-,8+,9-,10+/m1/s1. The molecular weight excluding hydrogens is 150 g/mol. The molecule has 1 N–H and O–H groups in total. The summed E-state index contributed by atoms with van der Waals surface area (Å²) < 4.78 is 0. The molecule has 3 saturated carbocycles. The lowest BCUT2D eigenvalue weighted by Crippen LogP contribution is -2.50. The molecule has 0 saturated heterocycles. The first-order valence-corrected chi connectivity index (χ1v) is 5.03. The molecule has 12 heavy (non-hydrogen) atoms. The van der Waals surface area contributed by atoms with Crippen molar-refractivity contribution in [3.05, 3.63) is 0 Å². The topological polar surface area (TPSA) is 23.5 Å². The normalized spacial score (nSPS) is 47.0. The van der Waals surface area contributed by atoms with Gasteiger partial charge in [-0.2, -0.15) is 0 Å². The van der Waals surface area contributed by atoms with E-state index in [1.807, 2.05) is 0 Å². The summed E-state index contributed by atoms with van der Waals surface area (Å²) >= 11 is 0. The predicted molar refractivity (Wildman–Crippen MR) is 48.9 cm³/mol. The van der Waals surface area contributed by atoms with Crippen LogP contribution >= 0.6 is 0 Å². The maximum absolute atomic E-state index is 9.79. The van der Waals surface area contributed by atoms with Crippen LogP contribution in [-0.2, 0) is 0 Å². The van der Waals surface area contributed by atoms with Crippen molar-refractivity contribution < 1.29 is 5.11 Å². The van der Waals surface area contributed by atoms with Gasteiger partial charge >= 0.3 is 0 Å².